The molecular weight excluding hydrogens is 420 g/mol. The second-order valence-electron chi connectivity index (χ2n) is 7.16. The number of hydrogen-bond acceptors (Lipinski definition) is 6. The van der Waals surface area contributed by atoms with E-state index >= 15 is 0 Å². The average molecular weight is 447 g/mol. The number of unbranched alkanes of at least 4 members (excludes halogenated alkanes) is 3. The summed E-state index contributed by atoms with van der Waals surface area (Å²) in [6.45, 7) is 2.99. The number of hydrogen-bond donors (Lipinski definition) is 2. The van der Waals surface area contributed by atoms with Gasteiger partial charge in [-0.2, -0.15) is 0 Å². The van der Waals surface area contributed by atoms with Gasteiger partial charge in [-0.05, 0) is 42.8 Å². The van der Waals surface area contributed by atoms with Crippen molar-refractivity contribution < 1.29 is 22.7 Å². The Morgan fingerprint density at radius 3 is 2.58 bits per heavy atom. The fourth-order valence-electron chi connectivity index (χ4n) is 3.07. The minimum atomic E-state index is -3.62. The quantitative estimate of drug-likeness (QED) is 0.465. The molecule has 0 saturated carbocycles. The topological polar surface area (TPSA) is 117 Å². The molecule has 0 radical (unpaired) electrons. The van der Waals surface area contributed by atoms with Gasteiger partial charge in [0.1, 0.15) is 5.75 Å². The van der Waals surface area contributed by atoms with E-state index in [4.69, 9.17) is 4.74 Å². The Kier molecular flexibility index (Phi) is 7.45. The number of benzene rings is 1. The maximum absolute atomic E-state index is 12.5. The van der Waals surface area contributed by atoms with Crippen LogP contribution in [0, 0.1) is 0 Å². The van der Waals surface area contributed by atoms with Crippen LogP contribution in [0.25, 0.3) is 0 Å². The normalized spacial score (nSPS) is 16.6. The van der Waals surface area contributed by atoms with E-state index in [1.54, 1.807) is 41.4 Å². The molecule has 166 valence electrons. The standard InChI is InChI=1S/C21H26N4O5S/c1-2-3-4-5-14-30-17-10-8-16(9-11-17)20(26)22-23-21(27)18-7-6-12-25-13-15-31(28,29)24-19(18)25/h6-12H,2-5,13-15H2,1H3,(H,22,26)(H,23,27). The fourth-order valence-corrected chi connectivity index (χ4v) is 4.05. The van der Waals surface area contributed by atoms with E-state index in [1.165, 1.54) is 18.9 Å². The Hall–Kier alpha value is -3.14. The van der Waals surface area contributed by atoms with Gasteiger partial charge in [0.15, 0.2) is 5.84 Å². The van der Waals surface area contributed by atoms with E-state index in [0.717, 1.165) is 12.8 Å². The largest absolute Gasteiger partial charge is 0.494 e. The lowest BCUT2D eigenvalue weighted by atomic mass is 10.1. The van der Waals surface area contributed by atoms with Crippen LogP contribution in [-0.4, -0.2) is 49.9 Å². The molecular formula is C21H26N4O5S. The van der Waals surface area contributed by atoms with E-state index in [2.05, 4.69) is 22.2 Å². The number of amides is 2. The number of fused-ring (bicyclic) bond motifs is 1. The minimum absolute atomic E-state index is 0.0425. The van der Waals surface area contributed by atoms with Gasteiger partial charge in [0, 0.05) is 18.3 Å². The third kappa shape index (κ3) is 6.17. The molecule has 9 nitrogen and oxygen atoms in total. The lowest BCUT2D eigenvalue weighted by Crippen LogP contribution is -2.47. The monoisotopic (exact) mass is 446 g/mol. The van der Waals surface area contributed by atoms with Gasteiger partial charge in [0.25, 0.3) is 21.8 Å². The van der Waals surface area contributed by atoms with Crippen LogP contribution in [0.3, 0.4) is 0 Å². The van der Waals surface area contributed by atoms with Crippen molar-refractivity contribution in [1.82, 2.24) is 15.8 Å². The van der Waals surface area contributed by atoms with Gasteiger partial charge in [0.05, 0.1) is 17.9 Å². The second-order valence-corrected chi connectivity index (χ2v) is 8.91. The number of carbonyl (C=O) groups is 2. The SMILES string of the molecule is CCCCCCOc1ccc(C(=O)NNC(=O)C2=CC=CN3CCS(=O)(=O)N=C23)cc1. The van der Waals surface area contributed by atoms with Gasteiger partial charge < -0.3 is 9.64 Å². The molecule has 2 heterocycles. The molecule has 2 aliphatic heterocycles. The molecule has 3 rings (SSSR count). The number of nitrogens with one attached hydrogen (secondary N) is 2. The summed E-state index contributed by atoms with van der Waals surface area (Å²) in [6, 6.07) is 6.60. The maximum atomic E-state index is 12.5. The van der Waals surface area contributed by atoms with Gasteiger partial charge >= 0.3 is 0 Å². The van der Waals surface area contributed by atoms with Gasteiger partial charge in [-0.1, -0.05) is 26.2 Å². The molecule has 0 unspecified atom stereocenters. The number of amidine groups is 1. The second kappa shape index (κ2) is 10.3. The third-order valence-electron chi connectivity index (χ3n) is 4.77. The molecule has 1 aromatic carbocycles. The summed E-state index contributed by atoms with van der Waals surface area (Å²) in [5.41, 5.74) is 5.03. The zero-order valence-electron chi connectivity index (χ0n) is 17.3. The summed E-state index contributed by atoms with van der Waals surface area (Å²) in [5, 5.41) is 0. The van der Waals surface area contributed by atoms with E-state index in [-0.39, 0.29) is 23.7 Å². The smallest absolute Gasteiger partial charge is 0.273 e. The number of sulfonamides is 1. The number of carbonyl (C=O) groups excluding carboxylic acids is 2. The van der Waals surface area contributed by atoms with Crippen LogP contribution in [0.1, 0.15) is 43.0 Å². The Bertz CT molecular complexity index is 1010. The van der Waals surface area contributed by atoms with Gasteiger partial charge in [-0.15, -0.1) is 4.40 Å². The van der Waals surface area contributed by atoms with Crippen LogP contribution >= 0.6 is 0 Å². The van der Waals surface area contributed by atoms with Crippen LogP contribution in [-0.2, 0) is 14.8 Å². The van der Waals surface area contributed by atoms with Crippen molar-refractivity contribution in [1.29, 1.82) is 0 Å². The number of nitrogens with zero attached hydrogens (tertiary/aromatic N) is 2. The highest BCUT2D eigenvalue weighted by atomic mass is 32.2. The first-order valence-corrected chi connectivity index (χ1v) is 11.8. The van der Waals surface area contributed by atoms with Gasteiger partial charge in [0.2, 0.25) is 0 Å². The van der Waals surface area contributed by atoms with Crippen LogP contribution < -0.4 is 15.6 Å². The first kappa shape index (κ1) is 22.5. The Morgan fingerprint density at radius 2 is 1.84 bits per heavy atom. The fraction of sp³-hybridized carbons (Fsp3) is 0.381. The zero-order valence-corrected chi connectivity index (χ0v) is 18.2. The lowest BCUT2D eigenvalue weighted by molar-refractivity contribution is -0.117. The Morgan fingerprint density at radius 1 is 1.10 bits per heavy atom. The predicted molar refractivity (Wildman–Crippen MR) is 117 cm³/mol. The highest BCUT2D eigenvalue weighted by Gasteiger charge is 2.30. The first-order chi connectivity index (χ1) is 14.9. The van der Waals surface area contributed by atoms with Crippen molar-refractivity contribution in [3.63, 3.8) is 0 Å². The Balaban J connectivity index is 1.53. The molecule has 2 amide bonds. The van der Waals surface area contributed by atoms with E-state index < -0.39 is 21.8 Å². The highest BCUT2D eigenvalue weighted by Crippen LogP contribution is 2.18. The maximum Gasteiger partial charge on any atom is 0.273 e. The van der Waals surface area contributed by atoms with Crippen molar-refractivity contribution in [3.8, 4) is 5.75 Å². The van der Waals surface area contributed by atoms with E-state index in [0.29, 0.717) is 17.9 Å². The molecule has 0 aromatic heterocycles. The molecule has 1 aromatic rings. The first-order valence-electron chi connectivity index (χ1n) is 10.2. The van der Waals surface area contributed by atoms with E-state index in [1.807, 2.05) is 0 Å². The van der Waals surface area contributed by atoms with Crippen molar-refractivity contribution in [2.24, 2.45) is 4.40 Å². The molecule has 0 bridgehead atoms. The molecule has 2 aliphatic rings. The highest BCUT2D eigenvalue weighted by molar-refractivity contribution is 7.90. The van der Waals surface area contributed by atoms with Crippen LogP contribution in [0.5, 0.6) is 5.75 Å². The number of hydrazine groups is 1. The number of rotatable bonds is 8. The number of ether oxygens (including phenoxy) is 1. The third-order valence-corrected chi connectivity index (χ3v) is 5.92. The summed E-state index contributed by atoms with van der Waals surface area (Å²) < 4.78 is 32.9. The molecule has 2 N–H and O–H groups in total. The summed E-state index contributed by atoms with van der Waals surface area (Å²) >= 11 is 0. The van der Waals surface area contributed by atoms with Crippen LogP contribution in [0.2, 0.25) is 0 Å². The summed E-state index contributed by atoms with van der Waals surface area (Å²) in [7, 11) is -3.62. The molecule has 0 spiro atoms. The molecule has 0 fully saturated rings. The van der Waals surface area contributed by atoms with Crippen molar-refractivity contribution >= 4 is 27.7 Å². The van der Waals surface area contributed by atoms with E-state index in [9.17, 15) is 18.0 Å². The van der Waals surface area contributed by atoms with Crippen molar-refractivity contribution in [3.05, 3.63) is 53.8 Å². The molecule has 0 atom stereocenters. The van der Waals surface area contributed by atoms with Crippen LogP contribution in [0.4, 0.5) is 0 Å². The lowest BCUT2D eigenvalue weighted by Gasteiger charge is -2.28. The molecule has 0 aliphatic carbocycles. The molecule has 0 saturated heterocycles. The summed E-state index contributed by atoms with van der Waals surface area (Å²) in [6.07, 6.45) is 9.17. The average Bonchev–Trinajstić information content (AvgIpc) is 2.76. The molecule has 31 heavy (non-hydrogen) atoms. The Labute approximate surface area is 181 Å². The minimum Gasteiger partial charge on any atom is -0.494 e. The van der Waals surface area contributed by atoms with Gasteiger partial charge in [-0.3, -0.25) is 20.4 Å². The van der Waals surface area contributed by atoms with Crippen molar-refractivity contribution in [2.45, 2.75) is 32.6 Å². The summed E-state index contributed by atoms with van der Waals surface area (Å²) in [5.74, 6) is -0.575. The number of allylic oxidation sites excluding steroid dienone is 2. The van der Waals surface area contributed by atoms with Gasteiger partial charge in [-0.25, -0.2) is 8.42 Å². The zero-order chi connectivity index (χ0) is 22.3. The summed E-state index contributed by atoms with van der Waals surface area (Å²) in [4.78, 5) is 26.4. The predicted octanol–water partition coefficient (Wildman–Crippen LogP) is 1.90. The van der Waals surface area contributed by atoms with Crippen molar-refractivity contribution in [2.75, 3.05) is 18.9 Å². The van der Waals surface area contributed by atoms with Crippen LogP contribution in [0.15, 0.2) is 52.6 Å². The molecule has 10 heteroatoms.